The Hall–Kier alpha value is -1.62. The number of nitrogens with one attached hydrogen (secondary N) is 1. The average molecular weight is 238 g/mol. The second kappa shape index (κ2) is 4.33. The standard InChI is InChI=1S/C12H15FN2O2/c1-8-12(11(14)16,5-6-17-8)15-10-4-2-3-9(13)7-10/h2-4,7-8,15H,5-6H2,1H3,(H2,14,16). The monoisotopic (exact) mass is 238 g/mol. The van der Waals surface area contributed by atoms with Crippen molar-refractivity contribution in [1.82, 2.24) is 0 Å². The Balaban J connectivity index is 2.28. The highest BCUT2D eigenvalue weighted by molar-refractivity contribution is 5.89. The molecule has 0 saturated carbocycles. The first-order valence-corrected chi connectivity index (χ1v) is 5.50. The molecule has 2 unspecified atom stereocenters. The summed E-state index contributed by atoms with van der Waals surface area (Å²) in [4.78, 5) is 11.6. The lowest BCUT2D eigenvalue weighted by atomic mass is 9.90. The molecule has 1 aromatic carbocycles. The van der Waals surface area contributed by atoms with Gasteiger partial charge in [-0.05, 0) is 25.1 Å². The molecule has 1 aliphatic heterocycles. The lowest BCUT2D eigenvalue weighted by Gasteiger charge is -2.30. The molecule has 17 heavy (non-hydrogen) atoms. The number of carbonyl (C=O) groups excluding carboxylic acids is 1. The van der Waals surface area contributed by atoms with Crippen LogP contribution in [0.4, 0.5) is 10.1 Å². The first-order valence-electron chi connectivity index (χ1n) is 5.50. The predicted molar refractivity (Wildman–Crippen MR) is 62.0 cm³/mol. The highest BCUT2D eigenvalue weighted by Crippen LogP contribution is 2.30. The van der Waals surface area contributed by atoms with E-state index in [-0.39, 0.29) is 11.9 Å². The van der Waals surface area contributed by atoms with E-state index < -0.39 is 11.4 Å². The van der Waals surface area contributed by atoms with Crippen molar-refractivity contribution in [1.29, 1.82) is 0 Å². The number of hydrogen-bond acceptors (Lipinski definition) is 3. The average Bonchev–Trinajstić information content (AvgIpc) is 2.61. The van der Waals surface area contributed by atoms with Gasteiger partial charge in [-0.3, -0.25) is 4.79 Å². The SMILES string of the molecule is CC1OCCC1(Nc1cccc(F)c1)C(N)=O. The van der Waals surface area contributed by atoms with Crippen molar-refractivity contribution >= 4 is 11.6 Å². The van der Waals surface area contributed by atoms with Crippen molar-refractivity contribution in [2.45, 2.75) is 25.0 Å². The zero-order valence-electron chi connectivity index (χ0n) is 9.57. The molecule has 3 N–H and O–H groups in total. The number of amides is 1. The number of hydrogen-bond donors (Lipinski definition) is 2. The molecule has 2 rings (SSSR count). The minimum atomic E-state index is -0.951. The number of ether oxygens (including phenoxy) is 1. The summed E-state index contributed by atoms with van der Waals surface area (Å²) < 4.78 is 18.5. The Labute approximate surface area is 98.9 Å². The van der Waals surface area contributed by atoms with E-state index in [0.29, 0.717) is 18.7 Å². The highest BCUT2D eigenvalue weighted by atomic mass is 19.1. The van der Waals surface area contributed by atoms with Gasteiger partial charge in [0.05, 0.1) is 6.10 Å². The number of carbonyl (C=O) groups is 1. The van der Waals surface area contributed by atoms with Crippen LogP contribution in [0.1, 0.15) is 13.3 Å². The summed E-state index contributed by atoms with van der Waals surface area (Å²) in [7, 11) is 0. The van der Waals surface area contributed by atoms with Crippen LogP contribution in [0.5, 0.6) is 0 Å². The molecule has 0 aliphatic carbocycles. The molecular formula is C12H15FN2O2. The Bertz CT molecular complexity index is 438. The van der Waals surface area contributed by atoms with Crippen molar-refractivity contribution in [2.75, 3.05) is 11.9 Å². The molecule has 1 aliphatic rings. The minimum Gasteiger partial charge on any atom is -0.375 e. The van der Waals surface area contributed by atoms with E-state index in [1.54, 1.807) is 19.1 Å². The quantitative estimate of drug-likeness (QED) is 0.833. The summed E-state index contributed by atoms with van der Waals surface area (Å²) in [5.41, 5.74) is 5.01. The van der Waals surface area contributed by atoms with Crippen LogP contribution >= 0.6 is 0 Å². The fourth-order valence-electron chi connectivity index (χ4n) is 2.12. The maximum Gasteiger partial charge on any atom is 0.245 e. The summed E-state index contributed by atoms with van der Waals surface area (Å²) in [6.07, 6.45) is 0.156. The van der Waals surface area contributed by atoms with Gasteiger partial charge in [-0.2, -0.15) is 0 Å². The molecule has 1 fully saturated rings. The summed E-state index contributed by atoms with van der Waals surface area (Å²) in [6, 6.07) is 5.94. The number of anilines is 1. The molecule has 0 aromatic heterocycles. The summed E-state index contributed by atoms with van der Waals surface area (Å²) >= 11 is 0. The number of halogens is 1. The third kappa shape index (κ3) is 2.10. The normalized spacial score (nSPS) is 28.0. The lowest BCUT2D eigenvalue weighted by molar-refractivity contribution is -0.123. The van der Waals surface area contributed by atoms with Crippen molar-refractivity contribution in [2.24, 2.45) is 5.73 Å². The Morgan fingerprint density at radius 2 is 2.41 bits per heavy atom. The smallest absolute Gasteiger partial charge is 0.245 e. The summed E-state index contributed by atoms with van der Waals surface area (Å²) in [5, 5.41) is 3.00. The molecule has 0 radical (unpaired) electrons. The van der Waals surface area contributed by atoms with Gasteiger partial charge in [0.15, 0.2) is 0 Å². The van der Waals surface area contributed by atoms with E-state index in [9.17, 15) is 9.18 Å². The van der Waals surface area contributed by atoms with Gasteiger partial charge in [0.1, 0.15) is 11.4 Å². The van der Waals surface area contributed by atoms with Crippen molar-refractivity contribution in [3.63, 3.8) is 0 Å². The van der Waals surface area contributed by atoms with E-state index in [1.165, 1.54) is 12.1 Å². The van der Waals surface area contributed by atoms with Crippen LogP contribution in [0, 0.1) is 5.82 Å². The molecule has 92 valence electrons. The molecule has 1 heterocycles. The summed E-state index contributed by atoms with van der Waals surface area (Å²) in [6.45, 7) is 2.25. The maximum absolute atomic E-state index is 13.1. The molecule has 1 saturated heterocycles. The Morgan fingerprint density at radius 1 is 1.65 bits per heavy atom. The topological polar surface area (TPSA) is 64.3 Å². The van der Waals surface area contributed by atoms with Crippen LogP contribution in [0.25, 0.3) is 0 Å². The second-order valence-corrected chi connectivity index (χ2v) is 4.23. The molecular weight excluding hydrogens is 223 g/mol. The van der Waals surface area contributed by atoms with E-state index in [4.69, 9.17) is 10.5 Å². The van der Waals surface area contributed by atoms with Crippen LogP contribution in [-0.2, 0) is 9.53 Å². The van der Waals surface area contributed by atoms with Crippen LogP contribution in [0.15, 0.2) is 24.3 Å². The zero-order valence-corrected chi connectivity index (χ0v) is 9.57. The van der Waals surface area contributed by atoms with E-state index in [2.05, 4.69) is 5.32 Å². The number of nitrogens with two attached hydrogens (primary N) is 1. The van der Waals surface area contributed by atoms with Crippen LogP contribution in [0.3, 0.4) is 0 Å². The van der Waals surface area contributed by atoms with Crippen molar-refractivity contribution in [3.8, 4) is 0 Å². The Kier molecular flexibility index (Phi) is 3.02. The molecule has 1 amide bonds. The van der Waals surface area contributed by atoms with Gasteiger partial charge < -0.3 is 15.8 Å². The molecule has 4 nitrogen and oxygen atoms in total. The Morgan fingerprint density at radius 3 is 2.94 bits per heavy atom. The van der Waals surface area contributed by atoms with Crippen LogP contribution < -0.4 is 11.1 Å². The number of primary amides is 1. The van der Waals surface area contributed by atoms with Crippen molar-refractivity contribution < 1.29 is 13.9 Å². The third-order valence-corrected chi connectivity index (χ3v) is 3.19. The molecule has 1 aromatic rings. The first-order chi connectivity index (χ1) is 8.04. The third-order valence-electron chi connectivity index (χ3n) is 3.19. The molecule has 0 spiro atoms. The largest absolute Gasteiger partial charge is 0.375 e. The van der Waals surface area contributed by atoms with Gasteiger partial charge in [-0.25, -0.2) is 4.39 Å². The van der Waals surface area contributed by atoms with Gasteiger partial charge in [-0.15, -0.1) is 0 Å². The fourth-order valence-corrected chi connectivity index (χ4v) is 2.12. The first kappa shape index (κ1) is 11.9. The van der Waals surface area contributed by atoms with Crippen molar-refractivity contribution in [3.05, 3.63) is 30.1 Å². The van der Waals surface area contributed by atoms with Gasteiger partial charge in [0, 0.05) is 18.7 Å². The second-order valence-electron chi connectivity index (χ2n) is 4.23. The van der Waals surface area contributed by atoms with E-state index in [1.807, 2.05) is 0 Å². The van der Waals surface area contributed by atoms with E-state index in [0.717, 1.165) is 0 Å². The van der Waals surface area contributed by atoms with Gasteiger partial charge in [-0.1, -0.05) is 6.07 Å². The van der Waals surface area contributed by atoms with Crippen LogP contribution in [0.2, 0.25) is 0 Å². The minimum absolute atomic E-state index is 0.330. The summed E-state index contributed by atoms with van der Waals surface area (Å²) in [5.74, 6) is -0.840. The lowest BCUT2D eigenvalue weighted by Crippen LogP contribution is -2.55. The molecule has 2 atom stereocenters. The fraction of sp³-hybridized carbons (Fsp3) is 0.417. The molecule has 5 heteroatoms. The number of rotatable bonds is 3. The number of benzene rings is 1. The van der Waals surface area contributed by atoms with Crippen LogP contribution in [-0.4, -0.2) is 24.2 Å². The van der Waals surface area contributed by atoms with Gasteiger partial charge >= 0.3 is 0 Å². The zero-order chi connectivity index (χ0) is 12.5. The van der Waals surface area contributed by atoms with E-state index >= 15 is 0 Å². The molecule has 0 bridgehead atoms. The van der Waals surface area contributed by atoms with Gasteiger partial charge in [0.2, 0.25) is 5.91 Å². The maximum atomic E-state index is 13.1. The predicted octanol–water partition coefficient (Wildman–Crippen LogP) is 1.27. The highest BCUT2D eigenvalue weighted by Gasteiger charge is 2.46. The van der Waals surface area contributed by atoms with Gasteiger partial charge in [0.25, 0.3) is 0 Å².